The molecule has 0 aromatic carbocycles. The molecule has 1 fully saturated rings. The first-order chi connectivity index (χ1) is 5.74. The van der Waals surface area contributed by atoms with E-state index in [2.05, 4.69) is 4.84 Å². The lowest BCUT2D eigenvalue weighted by atomic mass is 10.3. The fourth-order valence-electron chi connectivity index (χ4n) is 1.17. The van der Waals surface area contributed by atoms with Crippen LogP contribution in [0.5, 0.6) is 0 Å². The summed E-state index contributed by atoms with van der Waals surface area (Å²) in [5, 5.41) is 1.55. The number of carbonyl (C=O) groups is 2. The molecule has 0 aromatic rings. The van der Waals surface area contributed by atoms with E-state index < -0.39 is 0 Å². The molecule has 0 bridgehead atoms. The molecule has 0 N–H and O–H groups in total. The maximum atomic E-state index is 10.9. The average molecular weight is 172 g/mol. The van der Waals surface area contributed by atoms with Gasteiger partial charge < -0.3 is 9.74 Å². The zero-order chi connectivity index (χ0) is 8.97. The van der Waals surface area contributed by atoms with Crippen molar-refractivity contribution in [1.82, 2.24) is 9.96 Å². The van der Waals surface area contributed by atoms with Crippen molar-refractivity contribution in [3.8, 4) is 0 Å². The van der Waals surface area contributed by atoms with Crippen LogP contribution in [0.1, 0.15) is 6.92 Å². The van der Waals surface area contributed by atoms with Crippen LogP contribution in [0.15, 0.2) is 0 Å². The SMILES string of the molecule is CC(=O)N1CCN(OC=O)CC1. The van der Waals surface area contributed by atoms with Gasteiger partial charge in [0.05, 0.1) is 13.1 Å². The van der Waals surface area contributed by atoms with Gasteiger partial charge in [0.15, 0.2) is 0 Å². The third-order valence-electron chi connectivity index (χ3n) is 1.88. The predicted octanol–water partition coefficient (Wildman–Crippen LogP) is -0.761. The van der Waals surface area contributed by atoms with Crippen LogP contribution < -0.4 is 0 Å². The molecule has 0 saturated carbocycles. The Morgan fingerprint density at radius 3 is 2.33 bits per heavy atom. The third kappa shape index (κ3) is 2.20. The summed E-state index contributed by atoms with van der Waals surface area (Å²) in [4.78, 5) is 27.2. The fraction of sp³-hybridized carbons (Fsp3) is 0.714. The smallest absolute Gasteiger partial charge is 0.312 e. The minimum Gasteiger partial charge on any atom is -0.371 e. The molecular weight excluding hydrogens is 160 g/mol. The van der Waals surface area contributed by atoms with Gasteiger partial charge in [-0.2, -0.15) is 0 Å². The Kier molecular flexibility index (Phi) is 3.04. The normalized spacial score (nSPS) is 18.9. The summed E-state index contributed by atoms with van der Waals surface area (Å²) in [6, 6.07) is 0. The molecule has 0 unspecified atom stereocenters. The Bertz CT molecular complexity index is 175. The Morgan fingerprint density at radius 1 is 1.33 bits per heavy atom. The van der Waals surface area contributed by atoms with E-state index >= 15 is 0 Å². The molecule has 5 nitrogen and oxygen atoms in total. The molecule has 12 heavy (non-hydrogen) atoms. The van der Waals surface area contributed by atoms with Crippen molar-refractivity contribution in [1.29, 1.82) is 0 Å². The van der Waals surface area contributed by atoms with Crippen molar-refractivity contribution < 1.29 is 14.4 Å². The van der Waals surface area contributed by atoms with Crippen LogP contribution in [0.3, 0.4) is 0 Å². The standard InChI is InChI=1S/C7H12N2O3/c1-7(11)8-2-4-9(5-3-8)12-6-10/h6H,2-5H2,1H3. The van der Waals surface area contributed by atoms with Crippen molar-refractivity contribution in [2.45, 2.75) is 6.92 Å². The summed E-state index contributed by atoms with van der Waals surface area (Å²) in [6.07, 6.45) is 0. The van der Waals surface area contributed by atoms with Crippen molar-refractivity contribution in [3.63, 3.8) is 0 Å². The van der Waals surface area contributed by atoms with Crippen LogP contribution in [-0.2, 0) is 14.4 Å². The van der Waals surface area contributed by atoms with Crippen molar-refractivity contribution >= 4 is 12.4 Å². The summed E-state index contributed by atoms with van der Waals surface area (Å²) < 4.78 is 0. The van der Waals surface area contributed by atoms with E-state index in [4.69, 9.17) is 0 Å². The van der Waals surface area contributed by atoms with Crippen molar-refractivity contribution in [2.75, 3.05) is 26.2 Å². The summed E-state index contributed by atoms with van der Waals surface area (Å²) in [7, 11) is 0. The Balaban J connectivity index is 2.29. The van der Waals surface area contributed by atoms with Crippen LogP contribution in [0.2, 0.25) is 0 Å². The predicted molar refractivity (Wildman–Crippen MR) is 41.0 cm³/mol. The molecule has 0 spiro atoms. The number of piperazine rings is 1. The van der Waals surface area contributed by atoms with Crippen molar-refractivity contribution in [3.05, 3.63) is 0 Å². The number of nitrogens with zero attached hydrogens (tertiary/aromatic N) is 2. The Labute approximate surface area is 70.8 Å². The molecule has 0 radical (unpaired) electrons. The van der Waals surface area contributed by atoms with Gasteiger partial charge in [-0.3, -0.25) is 9.59 Å². The van der Waals surface area contributed by atoms with Gasteiger partial charge in [0.2, 0.25) is 5.91 Å². The lowest BCUT2D eigenvalue weighted by molar-refractivity contribution is -0.182. The highest BCUT2D eigenvalue weighted by molar-refractivity contribution is 5.73. The summed E-state index contributed by atoms with van der Waals surface area (Å²) in [5.74, 6) is 0.0701. The highest BCUT2D eigenvalue weighted by atomic mass is 16.7. The number of carbonyl (C=O) groups excluding carboxylic acids is 2. The highest BCUT2D eigenvalue weighted by Crippen LogP contribution is 2.00. The third-order valence-corrected chi connectivity index (χ3v) is 1.88. The molecule has 1 aliphatic rings. The summed E-state index contributed by atoms with van der Waals surface area (Å²) in [6.45, 7) is 4.39. The highest BCUT2D eigenvalue weighted by Gasteiger charge is 2.18. The molecule has 1 rings (SSSR count). The van der Waals surface area contributed by atoms with E-state index in [9.17, 15) is 9.59 Å². The number of amides is 1. The molecule has 0 aromatic heterocycles. The largest absolute Gasteiger partial charge is 0.371 e. The maximum Gasteiger partial charge on any atom is 0.312 e. The molecule has 1 heterocycles. The van der Waals surface area contributed by atoms with Gasteiger partial charge in [0.25, 0.3) is 0 Å². The molecular formula is C7H12N2O3. The van der Waals surface area contributed by atoms with Gasteiger partial charge >= 0.3 is 6.47 Å². The van der Waals surface area contributed by atoms with Gasteiger partial charge in [0.1, 0.15) is 0 Å². The first-order valence-electron chi connectivity index (χ1n) is 3.85. The van der Waals surface area contributed by atoms with Gasteiger partial charge in [-0.1, -0.05) is 0 Å². The molecule has 5 heteroatoms. The van der Waals surface area contributed by atoms with Crippen molar-refractivity contribution in [2.24, 2.45) is 0 Å². The molecule has 1 amide bonds. The first kappa shape index (κ1) is 8.99. The molecule has 1 aliphatic heterocycles. The van der Waals surface area contributed by atoms with E-state index in [0.29, 0.717) is 32.7 Å². The first-order valence-corrected chi connectivity index (χ1v) is 3.85. The molecule has 1 saturated heterocycles. The molecule has 0 atom stereocenters. The maximum absolute atomic E-state index is 10.9. The van der Waals surface area contributed by atoms with Crippen LogP contribution >= 0.6 is 0 Å². The second kappa shape index (κ2) is 4.06. The van der Waals surface area contributed by atoms with Gasteiger partial charge in [0, 0.05) is 20.0 Å². The fourth-order valence-corrected chi connectivity index (χ4v) is 1.17. The zero-order valence-electron chi connectivity index (χ0n) is 7.02. The lowest BCUT2D eigenvalue weighted by Gasteiger charge is -2.31. The van der Waals surface area contributed by atoms with Crippen LogP contribution in [0.25, 0.3) is 0 Å². The lowest BCUT2D eigenvalue weighted by Crippen LogP contribution is -2.47. The van der Waals surface area contributed by atoms with Gasteiger partial charge in [-0.25, -0.2) is 0 Å². The number of rotatable bonds is 2. The van der Waals surface area contributed by atoms with E-state index in [1.165, 1.54) is 6.92 Å². The minimum atomic E-state index is 0.0701. The Hall–Kier alpha value is -1.10. The van der Waals surface area contributed by atoms with Crippen LogP contribution in [0, 0.1) is 0 Å². The van der Waals surface area contributed by atoms with E-state index in [0.717, 1.165) is 0 Å². The topological polar surface area (TPSA) is 49.9 Å². The van der Waals surface area contributed by atoms with Gasteiger partial charge in [-0.05, 0) is 0 Å². The monoisotopic (exact) mass is 172 g/mol. The molecule has 0 aliphatic carbocycles. The van der Waals surface area contributed by atoms with E-state index in [1.54, 1.807) is 9.96 Å². The van der Waals surface area contributed by atoms with Crippen LogP contribution in [-0.4, -0.2) is 48.5 Å². The quantitative estimate of drug-likeness (QED) is 0.514. The number of hydrogen-bond donors (Lipinski definition) is 0. The minimum absolute atomic E-state index is 0.0701. The Morgan fingerprint density at radius 2 is 1.92 bits per heavy atom. The second-order valence-electron chi connectivity index (χ2n) is 2.64. The number of hydrogen-bond acceptors (Lipinski definition) is 4. The van der Waals surface area contributed by atoms with Crippen LogP contribution in [0.4, 0.5) is 0 Å². The average Bonchev–Trinajstić information content (AvgIpc) is 2.06. The summed E-state index contributed by atoms with van der Waals surface area (Å²) in [5.41, 5.74) is 0. The second-order valence-corrected chi connectivity index (χ2v) is 2.64. The zero-order valence-corrected chi connectivity index (χ0v) is 7.02. The number of hydroxylamine groups is 2. The van der Waals surface area contributed by atoms with E-state index in [-0.39, 0.29) is 5.91 Å². The summed E-state index contributed by atoms with van der Waals surface area (Å²) >= 11 is 0. The molecule has 68 valence electrons. The van der Waals surface area contributed by atoms with E-state index in [1.807, 2.05) is 0 Å². The van der Waals surface area contributed by atoms with Gasteiger partial charge in [-0.15, -0.1) is 5.06 Å².